The Morgan fingerprint density at radius 1 is 1.18 bits per heavy atom. The summed E-state index contributed by atoms with van der Waals surface area (Å²) in [6.07, 6.45) is 3.99. The second kappa shape index (κ2) is 6.77. The summed E-state index contributed by atoms with van der Waals surface area (Å²) in [6.45, 7) is 7.05. The van der Waals surface area contributed by atoms with Crippen molar-refractivity contribution < 1.29 is 0 Å². The van der Waals surface area contributed by atoms with Crippen molar-refractivity contribution in [2.45, 2.75) is 32.2 Å². The standard InChI is InChI=1S/C15H24N2/c1-2-16-15(14-8-4-3-5-9-14)10-13-17-11-6-7-12-17/h3-5,8-9,15-16H,2,6-7,10-13H2,1H3/t15-/m1/s1. The van der Waals surface area contributed by atoms with Crippen molar-refractivity contribution in [3.8, 4) is 0 Å². The molecule has 0 spiro atoms. The lowest BCUT2D eigenvalue weighted by atomic mass is 10.0. The molecule has 1 heterocycles. The van der Waals surface area contributed by atoms with Crippen molar-refractivity contribution in [1.82, 2.24) is 10.2 Å². The van der Waals surface area contributed by atoms with Gasteiger partial charge in [-0.3, -0.25) is 0 Å². The molecule has 1 aliphatic heterocycles. The van der Waals surface area contributed by atoms with E-state index in [1.165, 1.54) is 44.5 Å². The molecule has 0 unspecified atom stereocenters. The minimum absolute atomic E-state index is 0.516. The molecule has 1 aromatic carbocycles. The topological polar surface area (TPSA) is 15.3 Å². The molecule has 1 saturated heterocycles. The monoisotopic (exact) mass is 232 g/mol. The highest BCUT2D eigenvalue weighted by molar-refractivity contribution is 5.18. The van der Waals surface area contributed by atoms with E-state index in [9.17, 15) is 0 Å². The lowest BCUT2D eigenvalue weighted by Crippen LogP contribution is -2.27. The van der Waals surface area contributed by atoms with E-state index < -0.39 is 0 Å². The summed E-state index contributed by atoms with van der Waals surface area (Å²) in [5.74, 6) is 0. The average Bonchev–Trinajstić information content (AvgIpc) is 2.88. The zero-order valence-electron chi connectivity index (χ0n) is 10.9. The predicted octanol–water partition coefficient (Wildman–Crippen LogP) is 2.82. The maximum Gasteiger partial charge on any atom is 0.0332 e. The summed E-state index contributed by atoms with van der Waals surface area (Å²) in [4.78, 5) is 2.59. The van der Waals surface area contributed by atoms with Gasteiger partial charge in [-0.25, -0.2) is 0 Å². The first-order valence-electron chi connectivity index (χ1n) is 6.91. The van der Waals surface area contributed by atoms with Crippen molar-refractivity contribution in [3.05, 3.63) is 35.9 Å². The molecule has 1 N–H and O–H groups in total. The van der Waals surface area contributed by atoms with Gasteiger partial charge >= 0.3 is 0 Å². The van der Waals surface area contributed by atoms with E-state index in [4.69, 9.17) is 0 Å². The number of benzene rings is 1. The predicted molar refractivity (Wildman–Crippen MR) is 73.2 cm³/mol. The first kappa shape index (κ1) is 12.6. The molecule has 0 saturated carbocycles. The fourth-order valence-electron chi connectivity index (χ4n) is 2.64. The Kier molecular flexibility index (Phi) is 5.02. The molecule has 1 aliphatic rings. The largest absolute Gasteiger partial charge is 0.310 e. The Morgan fingerprint density at radius 3 is 2.53 bits per heavy atom. The van der Waals surface area contributed by atoms with Gasteiger partial charge in [-0.15, -0.1) is 0 Å². The van der Waals surface area contributed by atoms with Gasteiger partial charge in [0.2, 0.25) is 0 Å². The van der Waals surface area contributed by atoms with Crippen LogP contribution in [-0.2, 0) is 0 Å². The quantitative estimate of drug-likeness (QED) is 0.811. The zero-order chi connectivity index (χ0) is 11.9. The maximum absolute atomic E-state index is 3.60. The fourth-order valence-corrected chi connectivity index (χ4v) is 2.64. The lowest BCUT2D eigenvalue weighted by Gasteiger charge is -2.22. The van der Waals surface area contributed by atoms with Gasteiger partial charge in [-0.05, 0) is 51.0 Å². The third-order valence-electron chi connectivity index (χ3n) is 3.59. The number of hydrogen-bond acceptors (Lipinski definition) is 2. The molecule has 0 radical (unpaired) electrons. The zero-order valence-corrected chi connectivity index (χ0v) is 10.9. The third kappa shape index (κ3) is 3.83. The van der Waals surface area contributed by atoms with Crippen molar-refractivity contribution in [1.29, 1.82) is 0 Å². The third-order valence-corrected chi connectivity index (χ3v) is 3.59. The van der Waals surface area contributed by atoms with Crippen LogP contribution < -0.4 is 5.32 Å². The highest BCUT2D eigenvalue weighted by Gasteiger charge is 2.15. The molecule has 17 heavy (non-hydrogen) atoms. The molecule has 2 heteroatoms. The molecule has 0 aromatic heterocycles. The van der Waals surface area contributed by atoms with Gasteiger partial charge in [-0.2, -0.15) is 0 Å². The summed E-state index contributed by atoms with van der Waals surface area (Å²) >= 11 is 0. The maximum atomic E-state index is 3.60. The van der Waals surface area contributed by atoms with Crippen molar-refractivity contribution >= 4 is 0 Å². The summed E-state index contributed by atoms with van der Waals surface area (Å²) in [7, 11) is 0. The molecule has 2 nitrogen and oxygen atoms in total. The second-order valence-corrected chi connectivity index (χ2v) is 4.86. The van der Waals surface area contributed by atoms with Crippen LogP contribution in [0.1, 0.15) is 37.8 Å². The van der Waals surface area contributed by atoms with Crippen molar-refractivity contribution in [2.24, 2.45) is 0 Å². The Labute approximate surface area is 105 Å². The average molecular weight is 232 g/mol. The van der Waals surface area contributed by atoms with Gasteiger partial charge in [-0.1, -0.05) is 37.3 Å². The smallest absolute Gasteiger partial charge is 0.0332 e. The van der Waals surface area contributed by atoms with Crippen LogP contribution in [0.25, 0.3) is 0 Å². The molecule has 1 fully saturated rings. The van der Waals surface area contributed by atoms with Crippen molar-refractivity contribution in [2.75, 3.05) is 26.2 Å². The van der Waals surface area contributed by atoms with Crippen LogP contribution in [0.15, 0.2) is 30.3 Å². The van der Waals surface area contributed by atoms with Crippen LogP contribution in [-0.4, -0.2) is 31.1 Å². The van der Waals surface area contributed by atoms with E-state index in [2.05, 4.69) is 47.5 Å². The van der Waals surface area contributed by atoms with E-state index >= 15 is 0 Å². The molecule has 1 atom stereocenters. The normalized spacial score (nSPS) is 18.4. The van der Waals surface area contributed by atoms with Gasteiger partial charge in [0.15, 0.2) is 0 Å². The van der Waals surface area contributed by atoms with Gasteiger partial charge < -0.3 is 10.2 Å². The number of likely N-dealkylation sites (tertiary alicyclic amines) is 1. The number of nitrogens with zero attached hydrogens (tertiary/aromatic N) is 1. The summed E-state index contributed by atoms with van der Waals surface area (Å²) in [5.41, 5.74) is 1.42. The van der Waals surface area contributed by atoms with E-state index in [1.54, 1.807) is 0 Å². The van der Waals surface area contributed by atoms with E-state index in [0.29, 0.717) is 6.04 Å². The van der Waals surface area contributed by atoms with Crippen LogP contribution in [0.3, 0.4) is 0 Å². The minimum atomic E-state index is 0.516. The molecule has 0 aliphatic carbocycles. The van der Waals surface area contributed by atoms with Crippen LogP contribution >= 0.6 is 0 Å². The Balaban J connectivity index is 1.88. The molecular weight excluding hydrogens is 208 g/mol. The highest BCUT2D eigenvalue weighted by atomic mass is 15.1. The van der Waals surface area contributed by atoms with Crippen LogP contribution in [0.5, 0.6) is 0 Å². The number of hydrogen-bond donors (Lipinski definition) is 1. The van der Waals surface area contributed by atoms with Gasteiger partial charge in [0.1, 0.15) is 0 Å². The first-order valence-corrected chi connectivity index (χ1v) is 6.91. The number of nitrogens with one attached hydrogen (secondary N) is 1. The molecule has 94 valence electrons. The molecular formula is C15H24N2. The van der Waals surface area contributed by atoms with Crippen LogP contribution in [0.4, 0.5) is 0 Å². The first-order chi connectivity index (χ1) is 8.40. The Bertz CT molecular complexity index is 304. The van der Waals surface area contributed by atoms with Crippen molar-refractivity contribution in [3.63, 3.8) is 0 Å². The molecule has 2 rings (SSSR count). The van der Waals surface area contributed by atoms with Crippen LogP contribution in [0.2, 0.25) is 0 Å². The van der Waals surface area contributed by atoms with Gasteiger partial charge in [0, 0.05) is 6.04 Å². The van der Waals surface area contributed by atoms with E-state index in [-0.39, 0.29) is 0 Å². The Morgan fingerprint density at radius 2 is 1.88 bits per heavy atom. The SMILES string of the molecule is CCN[C@H](CCN1CCCC1)c1ccccc1. The van der Waals surface area contributed by atoms with E-state index in [0.717, 1.165) is 6.54 Å². The lowest BCUT2D eigenvalue weighted by molar-refractivity contribution is 0.311. The van der Waals surface area contributed by atoms with E-state index in [1.807, 2.05) is 0 Å². The molecule has 0 amide bonds. The van der Waals surface area contributed by atoms with Crippen LogP contribution in [0, 0.1) is 0 Å². The minimum Gasteiger partial charge on any atom is -0.310 e. The Hall–Kier alpha value is -0.860. The van der Waals surface area contributed by atoms with Gasteiger partial charge in [0.05, 0.1) is 0 Å². The summed E-state index contributed by atoms with van der Waals surface area (Å²) in [6, 6.07) is 11.3. The summed E-state index contributed by atoms with van der Waals surface area (Å²) < 4.78 is 0. The fraction of sp³-hybridized carbons (Fsp3) is 0.600. The highest BCUT2D eigenvalue weighted by Crippen LogP contribution is 2.18. The second-order valence-electron chi connectivity index (χ2n) is 4.86. The molecule has 1 aromatic rings. The van der Waals surface area contributed by atoms with Gasteiger partial charge in [0.25, 0.3) is 0 Å². The molecule has 0 bridgehead atoms. The number of rotatable bonds is 6. The summed E-state index contributed by atoms with van der Waals surface area (Å²) in [5, 5.41) is 3.60.